The van der Waals surface area contributed by atoms with E-state index in [1.54, 1.807) is 24.3 Å². The molecule has 0 saturated heterocycles. The Bertz CT molecular complexity index is 626. The van der Waals surface area contributed by atoms with Crippen LogP contribution in [0.5, 0.6) is 0 Å². The van der Waals surface area contributed by atoms with Crippen molar-refractivity contribution in [3.63, 3.8) is 0 Å². The molecule has 0 aliphatic rings. The molecule has 0 radical (unpaired) electrons. The zero-order valence-electron chi connectivity index (χ0n) is 10.4. The molecular formula is C15H11Cl3O2. The smallest absolute Gasteiger partial charge is 0.190 e. The first-order chi connectivity index (χ1) is 9.56. The van der Waals surface area contributed by atoms with Gasteiger partial charge in [-0.1, -0.05) is 46.9 Å². The summed E-state index contributed by atoms with van der Waals surface area (Å²) in [5, 5.41) is 1.47. The molecule has 2 nitrogen and oxygen atoms in total. The van der Waals surface area contributed by atoms with Crippen LogP contribution in [0.1, 0.15) is 15.9 Å². The fourth-order valence-electron chi connectivity index (χ4n) is 1.68. The van der Waals surface area contributed by atoms with Crippen LogP contribution in [-0.2, 0) is 11.3 Å². The summed E-state index contributed by atoms with van der Waals surface area (Å²) in [5.74, 6) is -0.209. The van der Waals surface area contributed by atoms with Crippen molar-refractivity contribution < 1.29 is 9.53 Å². The van der Waals surface area contributed by atoms with Crippen LogP contribution in [0.25, 0.3) is 0 Å². The molecule has 0 bridgehead atoms. The van der Waals surface area contributed by atoms with Crippen molar-refractivity contribution in [1.29, 1.82) is 0 Å². The summed E-state index contributed by atoms with van der Waals surface area (Å²) in [6.45, 7) is 0.247. The lowest BCUT2D eigenvalue weighted by molar-refractivity contribution is 0.0727. The Morgan fingerprint density at radius 2 is 1.75 bits per heavy atom. The number of benzene rings is 2. The molecule has 0 atom stereocenters. The number of hydrogen-bond donors (Lipinski definition) is 0. The van der Waals surface area contributed by atoms with E-state index in [-0.39, 0.29) is 12.4 Å². The van der Waals surface area contributed by atoms with E-state index < -0.39 is 0 Å². The zero-order chi connectivity index (χ0) is 14.5. The van der Waals surface area contributed by atoms with Gasteiger partial charge < -0.3 is 4.74 Å². The normalized spacial score (nSPS) is 10.6. The summed E-state index contributed by atoms with van der Waals surface area (Å²) < 4.78 is 5.38. The van der Waals surface area contributed by atoms with Crippen molar-refractivity contribution in [2.75, 3.05) is 6.61 Å². The number of Topliss-reactive ketones (excluding diaryl/α,β-unsaturated/α-hetero) is 1. The van der Waals surface area contributed by atoms with Gasteiger partial charge in [-0.2, -0.15) is 0 Å². The lowest BCUT2D eigenvalue weighted by atomic mass is 10.1. The van der Waals surface area contributed by atoms with Crippen LogP contribution in [0.2, 0.25) is 15.1 Å². The second-order valence-corrected chi connectivity index (χ2v) is 5.45. The summed E-state index contributed by atoms with van der Waals surface area (Å²) in [7, 11) is 0. The number of halogens is 3. The maximum atomic E-state index is 12.0. The van der Waals surface area contributed by atoms with Gasteiger partial charge in [0.2, 0.25) is 0 Å². The van der Waals surface area contributed by atoms with Crippen molar-refractivity contribution in [3.05, 3.63) is 68.7 Å². The molecule has 0 heterocycles. The highest BCUT2D eigenvalue weighted by Crippen LogP contribution is 2.21. The molecular weight excluding hydrogens is 319 g/mol. The van der Waals surface area contributed by atoms with Crippen LogP contribution in [0.15, 0.2) is 42.5 Å². The minimum Gasteiger partial charge on any atom is -0.369 e. The molecule has 0 fully saturated rings. The molecule has 0 unspecified atom stereocenters. The predicted molar refractivity (Wildman–Crippen MR) is 81.9 cm³/mol. The van der Waals surface area contributed by atoms with Gasteiger partial charge in [-0.05, 0) is 35.9 Å². The van der Waals surface area contributed by atoms with Gasteiger partial charge in [0.05, 0.1) is 11.6 Å². The summed E-state index contributed by atoms with van der Waals surface area (Å²) >= 11 is 17.7. The van der Waals surface area contributed by atoms with E-state index in [0.29, 0.717) is 27.2 Å². The molecule has 0 aliphatic carbocycles. The topological polar surface area (TPSA) is 26.3 Å². The summed E-state index contributed by atoms with van der Waals surface area (Å²) in [5.41, 5.74) is 1.27. The number of carbonyl (C=O) groups excluding carboxylic acids is 1. The van der Waals surface area contributed by atoms with Gasteiger partial charge in [0, 0.05) is 15.6 Å². The molecule has 0 N–H and O–H groups in total. The predicted octanol–water partition coefficient (Wildman–Crippen LogP) is 5.05. The van der Waals surface area contributed by atoms with E-state index in [0.717, 1.165) is 5.56 Å². The van der Waals surface area contributed by atoms with Crippen LogP contribution in [0, 0.1) is 0 Å². The highest BCUT2D eigenvalue weighted by molar-refractivity contribution is 6.36. The first-order valence-corrected chi connectivity index (χ1v) is 7.00. The third kappa shape index (κ3) is 4.22. The van der Waals surface area contributed by atoms with E-state index in [4.69, 9.17) is 39.5 Å². The Hall–Kier alpha value is -1.06. The Morgan fingerprint density at radius 3 is 2.50 bits per heavy atom. The fourth-order valence-corrected chi connectivity index (χ4v) is 2.29. The highest BCUT2D eigenvalue weighted by Gasteiger charge is 2.11. The maximum absolute atomic E-state index is 12.0. The second kappa shape index (κ2) is 7.09. The number of ether oxygens (including phenoxy) is 1. The van der Waals surface area contributed by atoms with Gasteiger partial charge in [-0.25, -0.2) is 0 Å². The molecule has 0 saturated carbocycles. The van der Waals surface area contributed by atoms with E-state index in [2.05, 4.69) is 0 Å². The maximum Gasteiger partial charge on any atom is 0.190 e. The molecule has 2 rings (SSSR count). The Kier molecular flexibility index (Phi) is 5.44. The molecule has 104 valence electrons. The summed E-state index contributed by atoms with van der Waals surface area (Å²) in [6, 6.07) is 12.0. The van der Waals surface area contributed by atoms with Crippen molar-refractivity contribution in [1.82, 2.24) is 0 Å². The van der Waals surface area contributed by atoms with E-state index in [9.17, 15) is 4.79 Å². The minimum absolute atomic E-state index is 0.0629. The largest absolute Gasteiger partial charge is 0.369 e. The Balaban J connectivity index is 1.94. The van der Waals surface area contributed by atoms with Crippen molar-refractivity contribution in [2.45, 2.75) is 6.61 Å². The average molecular weight is 330 g/mol. The average Bonchev–Trinajstić information content (AvgIpc) is 2.41. The molecule has 5 heteroatoms. The van der Waals surface area contributed by atoms with Gasteiger partial charge in [-0.3, -0.25) is 4.79 Å². The highest BCUT2D eigenvalue weighted by atomic mass is 35.5. The third-order valence-electron chi connectivity index (χ3n) is 2.62. The molecule has 0 aliphatic heterocycles. The molecule has 2 aromatic carbocycles. The number of ketones is 1. The SMILES string of the molecule is O=C(COCc1cccc(Cl)c1)c1cc(Cl)ccc1Cl. The van der Waals surface area contributed by atoms with E-state index in [1.807, 2.05) is 12.1 Å². The Labute approximate surface area is 132 Å². The van der Waals surface area contributed by atoms with Crippen LogP contribution in [0.3, 0.4) is 0 Å². The van der Waals surface area contributed by atoms with E-state index in [1.165, 1.54) is 6.07 Å². The van der Waals surface area contributed by atoms with E-state index >= 15 is 0 Å². The second-order valence-electron chi connectivity index (χ2n) is 4.17. The van der Waals surface area contributed by atoms with Crippen LogP contribution in [0.4, 0.5) is 0 Å². The fraction of sp³-hybridized carbons (Fsp3) is 0.133. The molecule has 0 spiro atoms. The van der Waals surface area contributed by atoms with Crippen molar-refractivity contribution in [2.24, 2.45) is 0 Å². The number of rotatable bonds is 5. The lowest BCUT2D eigenvalue weighted by Gasteiger charge is -2.06. The zero-order valence-corrected chi connectivity index (χ0v) is 12.7. The van der Waals surface area contributed by atoms with Crippen molar-refractivity contribution >= 4 is 40.6 Å². The minimum atomic E-state index is -0.209. The monoisotopic (exact) mass is 328 g/mol. The van der Waals surface area contributed by atoms with Crippen LogP contribution in [-0.4, -0.2) is 12.4 Å². The van der Waals surface area contributed by atoms with Gasteiger partial charge >= 0.3 is 0 Å². The first-order valence-electron chi connectivity index (χ1n) is 5.86. The van der Waals surface area contributed by atoms with Crippen LogP contribution < -0.4 is 0 Å². The van der Waals surface area contributed by atoms with Gasteiger partial charge in [0.15, 0.2) is 5.78 Å². The molecule has 0 amide bonds. The van der Waals surface area contributed by atoms with Gasteiger partial charge in [-0.15, -0.1) is 0 Å². The van der Waals surface area contributed by atoms with Crippen LogP contribution >= 0.6 is 34.8 Å². The quantitative estimate of drug-likeness (QED) is 0.718. The Morgan fingerprint density at radius 1 is 1.00 bits per heavy atom. The molecule has 2 aromatic rings. The third-order valence-corrected chi connectivity index (χ3v) is 3.42. The summed E-state index contributed by atoms with van der Waals surface area (Å²) in [6.07, 6.45) is 0. The first kappa shape index (κ1) is 15.3. The number of carbonyl (C=O) groups is 1. The van der Waals surface area contributed by atoms with Crippen molar-refractivity contribution in [3.8, 4) is 0 Å². The van der Waals surface area contributed by atoms with Gasteiger partial charge in [0.25, 0.3) is 0 Å². The number of hydrogen-bond acceptors (Lipinski definition) is 2. The lowest BCUT2D eigenvalue weighted by Crippen LogP contribution is -2.09. The van der Waals surface area contributed by atoms with Gasteiger partial charge in [0.1, 0.15) is 6.61 Å². The molecule has 0 aromatic heterocycles. The standard InChI is InChI=1S/C15H11Cl3O2/c16-11-3-1-2-10(6-11)8-20-9-15(19)13-7-12(17)4-5-14(13)18/h1-7H,8-9H2. The molecule has 20 heavy (non-hydrogen) atoms. The summed E-state index contributed by atoms with van der Waals surface area (Å²) in [4.78, 5) is 12.0.